The van der Waals surface area contributed by atoms with Crippen LogP contribution in [-0.4, -0.2) is 44.8 Å². The van der Waals surface area contributed by atoms with E-state index in [1.54, 1.807) is 18.2 Å². The Balaban J connectivity index is 1.42. The highest BCUT2D eigenvalue weighted by Crippen LogP contribution is 2.59. The summed E-state index contributed by atoms with van der Waals surface area (Å²) in [5.41, 5.74) is 1.61. The largest absolute Gasteiger partial charge is 0.354 e. The van der Waals surface area contributed by atoms with E-state index >= 15 is 0 Å². The third-order valence-corrected chi connectivity index (χ3v) is 8.46. The lowest BCUT2D eigenvalue weighted by Crippen LogP contribution is -2.54. The van der Waals surface area contributed by atoms with Crippen LogP contribution in [0.2, 0.25) is 0 Å². The van der Waals surface area contributed by atoms with Crippen LogP contribution in [0.25, 0.3) is 0 Å². The molecule has 2 N–H and O–H groups in total. The summed E-state index contributed by atoms with van der Waals surface area (Å²) in [5, 5.41) is 5.87. The molecule has 4 fully saturated rings. The van der Waals surface area contributed by atoms with Crippen molar-refractivity contribution < 1.29 is 18.0 Å². The van der Waals surface area contributed by atoms with Gasteiger partial charge in [0.15, 0.2) is 0 Å². The van der Waals surface area contributed by atoms with E-state index in [1.807, 2.05) is 13.0 Å². The van der Waals surface area contributed by atoms with Gasteiger partial charge >= 0.3 is 0 Å². The van der Waals surface area contributed by atoms with Crippen LogP contribution in [0.3, 0.4) is 0 Å². The number of amides is 2. The Kier molecular flexibility index (Phi) is 6.16. The number of aryl methyl sites for hydroxylation is 1. The number of carbonyl (C=O) groups excluding carboxylic acids is 2. The minimum atomic E-state index is -3.24. The zero-order valence-electron chi connectivity index (χ0n) is 18.5. The molecule has 4 saturated carbocycles. The van der Waals surface area contributed by atoms with Crippen molar-refractivity contribution in [2.75, 3.05) is 18.6 Å². The van der Waals surface area contributed by atoms with Gasteiger partial charge in [0.05, 0.1) is 5.75 Å². The van der Waals surface area contributed by atoms with Crippen molar-refractivity contribution in [3.05, 3.63) is 35.4 Å². The molecule has 0 unspecified atom stereocenters. The topological polar surface area (TPSA) is 92.3 Å². The number of benzene rings is 1. The number of carbonyl (C=O) groups is 2. The molecule has 1 aromatic rings. The van der Waals surface area contributed by atoms with Crippen molar-refractivity contribution in [3.63, 3.8) is 0 Å². The lowest BCUT2D eigenvalue weighted by molar-refractivity contribution is -0.125. The molecule has 4 bridgehead atoms. The van der Waals surface area contributed by atoms with Gasteiger partial charge in [0.2, 0.25) is 5.91 Å². The summed E-state index contributed by atoms with van der Waals surface area (Å²) in [4.78, 5) is 25.8. The summed E-state index contributed by atoms with van der Waals surface area (Å²) >= 11 is 0. The van der Waals surface area contributed by atoms with E-state index in [-0.39, 0.29) is 29.4 Å². The van der Waals surface area contributed by atoms with Crippen molar-refractivity contribution in [2.45, 2.75) is 57.9 Å². The fourth-order valence-electron chi connectivity index (χ4n) is 6.53. The van der Waals surface area contributed by atoms with Gasteiger partial charge in [-0.3, -0.25) is 9.59 Å². The Morgan fingerprint density at radius 1 is 1.10 bits per heavy atom. The maximum absolute atomic E-state index is 13.1. The van der Waals surface area contributed by atoms with Crippen LogP contribution in [0.1, 0.15) is 60.9 Å². The van der Waals surface area contributed by atoms with Gasteiger partial charge < -0.3 is 10.6 Å². The second kappa shape index (κ2) is 8.57. The molecule has 4 aliphatic carbocycles. The summed E-state index contributed by atoms with van der Waals surface area (Å²) in [5.74, 6) is 1.62. The molecule has 0 aliphatic heterocycles. The highest BCUT2D eigenvalue weighted by Gasteiger charge is 2.50. The van der Waals surface area contributed by atoms with Gasteiger partial charge in [-0.2, -0.15) is 0 Å². The molecule has 4 aliphatic rings. The van der Waals surface area contributed by atoms with E-state index in [2.05, 4.69) is 10.6 Å². The van der Waals surface area contributed by atoms with Crippen molar-refractivity contribution in [1.82, 2.24) is 10.6 Å². The molecule has 0 saturated heterocycles. The summed E-state index contributed by atoms with van der Waals surface area (Å²) in [6, 6.07) is 6.29. The predicted octanol–water partition coefficient (Wildman–Crippen LogP) is 2.86. The molecule has 0 heterocycles. The predicted molar refractivity (Wildman–Crippen MR) is 120 cm³/mol. The molecule has 5 rings (SSSR count). The Morgan fingerprint density at radius 3 is 2.26 bits per heavy atom. The zero-order chi connectivity index (χ0) is 22.2. The first-order chi connectivity index (χ1) is 14.6. The molecule has 0 spiro atoms. The molecule has 1 aromatic carbocycles. The van der Waals surface area contributed by atoms with Crippen molar-refractivity contribution in [3.8, 4) is 0 Å². The Morgan fingerprint density at radius 2 is 1.71 bits per heavy atom. The third kappa shape index (κ3) is 5.48. The molecule has 2 amide bonds. The van der Waals surface area contributed by atoms with Crippen molar-refractivity contribution in [2.24, 2.45) is 23.2 Å². The first-order valence-electron chi connectivity index (χ1n) is 11.4. The van der Waals surface area contributed by atoms with Crippen molar-refractivity contribution in [1.29, 1.82) is 0 Å². The number of hydrogen-bond donors (Lipinski definition) is 2. The second-order valence-electron chi connectivity index (χ2n) is 10.4. The number of hydrogen-bond acceptors (Lipinski definition) is 4. The lowest BCUT2D eigenvalue weighted by Gasteiger charge is -2.57. The average molecular weight is 447 g/mol. The van der Waals surface area contributed by atoms with Gasteiger partial charge in [0, 0.05) is 18.4 Å². The lowest BCUT2D eigenvalue weighted by atomic mass is 9.49. The van der Waals surface area contributed by atoms with E-state index in [0.29, 0.717) is 12.1 Å². The highest BCUT2D eigenvalue weighted by atomic mass is 32.2. The normalized spacial score (nSPS) is 30.1. The molecule has 1 atom stereocenters. The first-order valence-corrected chi connectivity index (χ1v) is 13.5. The summed E-state index contributed by atoms with van der Waals surface area (Å²) < 4.78 is 23.4. The van der Waals surface area contributed by atoms with Gasteiger partial charge in [-0.05, 0) is 87.2 Å². The number of sulfone groups is 1. The smallest absolute Gasteiger partial charge is 0.251 e. The molecule has 0 radical (unpaired) electrons. The zero-order valence-corrected chi connectivity index (χ0v) is 19.3. The monoisotopic (exact) mass is 446 g/mol. The fraction of sp³-hybridized carbons (Fsp3) is 0.667. The Bertz CT molecular complexity index is 921. The van der Waals surface area contributed by atoms with E-state index in [9.17, 15) is 18.0 Å². The average Bonchev–Trinajstić information content (AvgIpc) is 2.67. The van der Waals surface area contributed by atoms with Crippen LogP contribution in [0.4, 0.5) is 0 Å². The number of nitrogens with one attached hydrogen (secondary N) is 2. The highest BCUT2D eigenvalue weighted by molar-refractivity contribution is 7.90. The van der Waals surface area contributed by atoms with E-state index in [1.165, 1.54) is 38.5 Å². The molecule has 170 valence electrons. The van der Waals surface area contributed by atoms with Crippen LogP contribution in [0, 0.1) is 30.1 Å². The maximum Gasteiger partial charge on any atom is 0.251 e. The van der Waals surface area contributed by atoms with Gasteiger partial charge in [-0.25, -0.2) is 8.42 Å². The fourth-order valence-corrected chi connectivity index (χ4v) is 7.20. The molecule has 0 aromatic heterocycles. The Hall–Kier alpha value is -1.89. The molecular formula is C24H34N2O4S. The third-order valence-electron chi connectivity index (χ3n) is 7.48. The van der Waals surface area contributed by atoms with Gasteiger partial charge in [-0.15, -0.1) is 0 Å². The Labute approximate surface area is 185 Å². The van der Waals surface area contributed by atoms with E-state index in [0.717, 1.165) is 29.6 Å². The van der Waals surface area contributed by atoms with Gasteiger partial charge in [0.25, 0.3) is 5.91 Å². The molecule has 6 nitrogen and oxygen atoms in total. The molecule has 31 heavy (non-hydrogen) atoms. The summed E-state index contributed by atoms with van der Waals surface area (Å²) in [6.07, 6.45) is 8.81. The van der Waals surface area contributed by atoms with Crippen LogP contribution in [-0.2, 0) is 14.6 Å². The second-order valence-corrected chi connectivity index (χ2v) is 12.7. The SMILES string of the molecule is Cc1cccc(C(=O)N[C@@H](CCS(C)(=O)=O)C(=O)NCC23CC4CC(CC(C4)C2)C3)c1. The standard InChI is InChI=1S/C24H34N2O4S/c1-16-4-3-5-20(8-16)22(27)26-21(6-7-31(2,29)30)23(28)25-15-24-12-17-9-18(13-24)11-19(10-17)14-24/h3-5,8,17-19,21H,6-7,9-15H2,1-2H3,(H,25,28)(H,26,27)/t17?,18?,19?,21-,24?/m0/s1. The van der Waals surface area contributed by atoms with Gasteiger partial charge in [-0.1, -0.05) is 17.7 Å². The summed E-state index contributed by atoms with van der Waals surface area (Å²) in [6.45, 7) is 2.53. The molecule has 7 heteroatoms. The van der Waals surface area contributed by atoms with E-state index < -0.39 is 15.9 Å². The van der Waals surface area contributed by atoms with E-state index in [4.69, 9.17) is 0 Å². The summed E-state index contributed by atoms with van der Waals surface area (Å²) in [7, 11) is -3.24. The minimum Gasteiger partial charge on any atom is -0.354 e. The quantitative estimate of drug-likeness (QED) is 0.642. The van der Waals surface area contributed by atoms with Crippen LogP contribution in [0.5, 0.6) is 0 Å². The number of rotatable bonds is 8. The maximum atomic E-state index is 13.1. The molecular weight excluding hydrogens is 412 g/mol. The van der Waals surface area contributed by atoms with Crippen molar-refractivity contribution >= 4 is 21.7 Å². The van der Waals surface area contributed by atoms with Crippen LogP contribution in [0.15, 0.2) is 24.3 Å². The van der Waals surface area contributed by atoms with Crippen LogP contribution < -0.4 is 10.6 Å². The van der Waals surface area contributed by atoms with Crippen LogP contribution >= 0.6 is 0 Å². The first kappa shape index (κ1) is 22.3. The minimum absolute atomic E-state index is 0.0725. The van der Waals surface area contributed by atoms with Gasteiger partial charge in [0.1, 0.15) is 15.9 Å².